The third-order valence-electron chi connectivity index (χ3n) is 1.93. The van der Waals surface area contributed by atoms with Crippen LogP contribution >= 0.6 is 0 Å². The fourth-order valence-corrected chi connectivity index (χ4v) is 0.940. The van der Waals surface area contributed by atoms with E-state index >= 15 is 0 Å². The highest BCUT2D eigenvalue weighted by Gasteiger charge is 2.63. The molecule has 1 fully saturated rings. The molecule has 1 nitrogen and oxygen atoms in total. The van der Waals surface area contributed by atoms with Gasteiger partial charge in [0.2, 0.25) is 0 Å². The van der Waals surface area contributed by atoms with Crippen molar-refractivity contribution >= 4 is 0 Å². The third-order valence-corrected chi connectivity index (χ3v) is 1.93. The number of rotatable bonds is 2. The molecule has 0 unspecified atom stereocenters. The van der Waals surface area contributed by atoms with Gasteiger partial charge in [-0.2, -0.15) is 22.0 Å². The summed E-state index contributed by atoms with van der Waals surface area (Å²) in [5.74, 6) is -5.41. The SMILES string of the molecule is N[C@@H](C1CC1)C(F)(F)C(F)(F)F. The van der Waals surface area contributed by atoms with Crippen molar-refractivity contribution in [3.05, 3.63) is 0 Å². The summed E-state index contributed by atoms with van der Waals surface area (Å²) in [6, 6.07) is -2.07. The quantitative estimate of drug-likeness (QED) is 0.660. The van der Waals surface area contributed by atoms with Crippen molar-refractivity contribution in [2.75, 3.05) is 0 Å². The number of halogens is 5. The maximum absolute atomic E-state index is 12.4. The van der Waals surface area contributed by atoms with Crippen LogP contribution in [0, 0.1) is 5.92 Å². The van der Waals surface area contributed by atoms with Gasteiger partial charge < -0.3 is 5.73 Å². The van der Waals surface area contributed by atoms with Gasteiger partial charge in [-0.15, -0.1) is 0 Å². The molecule has 0 spiro atoms. The summed E-state index contributed by atoms with van der Waals surface area (Å²) in [5.41, 5.74) is 4.77. The van der Waals surface area contributed by atoms with Gasteiger partial charge in [-0.3, -0.25) is 0 Å². The topological polar surface area (TPSA) is 26.0 Å². The molecule has 12 heavy (non-hydrogen) atoms. The predicted molar refractivity (Wildman–Crippen MR) is 31.7 cm³/mol. The standard InChI is InChI=1S/C6H8F5N/c7-5(8,6(9,10)11)4(12)3-1-2-3/h3-4H,1-2,12H2/t4-/m0/s1. The van der Waals surface area contributed by atoms with Crippen LogP contribution in [0.1, 0.15) is 12.8 Å². The highest BCUT2D eigenvalue weighted by molar-refractivity contribution is 4.96. The molecule has 0 aromatic carbocycles. The lowest BCUT2D eigenvalue weighted by molar-refractivity contribution is -0.291. The van der Waals surface area contributed by atoms with Crippen molar-refractivity contribution in [3.63, 3.8) is 0 Å². The van der Waals surface area contributed by atoms with Crippen molar-refractivity contribution in [2.24, 2.45) is 11.7 Å². The third kappa shape index (κ3) is 1.53. The summed E-state index contributed by atoms with van der Waals surface area (Å²) >= 11 is 0. The van der Waals surface area contributed by atoms with E-state index < -0.39 is 24.1 Å². The number of hydrogen-bond acceptors (Lipinski definition) is 1. The normalized spacial score (nSPS) is 22.5. The minimum Gasteiger partial charge on any atom is -0.322 e. The van der Waals surface area contributed by atoms with Crippen LogP contribution in [-0.2, 0) is 0 Å². The first-order valence-electron chi connectivity index (χ1n) is 3.47. The summed E-state index contributed by atoms with van der Waals surface area (Å²) in [5, 5.41) is 0. The second kappa shape index (κ2) is 2.55. The summed E-state index contributed by atoms with van der Waals surface area (Å²) in [6.07, 6.45) is -4.78. The second-order valence-corrected chi connectivity index (χ2v) is 2.98. The van der Waals surface area contributed by atoms with Gasteiger partial charge in [0.1, 0.15) is 0 Å². The molecule has 1 rings (SSSR count). The van der Waals surface area contributed by atoms with Crippen LogP contribution < -0.4 is 5.73 Å². The average Bonchev–Trinajstić information content (AvgIpc) is 2.64. The van der Waals surface area contributed by atoms with Gasteiger partial charge in [0.15, 0.2) is 0 Å². The molecule has 0 radical (unpaired) electrons. The summed E-state index contributed by atoms with van der Waals surface area (Å²) < 4.78 is 59.7. The lowest BCUT2D eigenvalue weighted by Crippen LogP contribution is -2.52. The van der Waals surface area contributed by atoms with E-state index in [0.29, 0.717) is 12.8 Å². The van der Waals surface area contributed by atoms with Crippen LogP contribution in [0.2, 0.25) is 0 Å². The Hall–Kier alpha value is -0.390. The lowest BCUT2D eigenvalue weighted by Gasteiger charge is -2.25. The Labute approximate surface area is 65.7 Å². The molecular weight excluding hydrogens is 181 g/mol. The maximum Gasteiger partial charge on any atom is 0.454 e. The molecule has 6 heteroatoms. The highest BCUT2D eigenvalue weighted by atomic mass is 19.4. The van der Waals surface area contributed by atoms with Crippen molar-refractivity contribution < 1.29 is 22.0 Å². The van der Waals surface area contributed by atoms with E-state index in [1.54, 1.807) is 0 Å². The second-order valence-electron chi connectivity index (χ2n) is 2.98. The molecule has 0 aromatic rings. The fraction of sp³-hybridized carbons (Fsp3) is 1.00. The van der Waals surface area contributed by atoms with Gasteiger partial charge >= 0.3 is 12.1 Å². The number of hydrogen-bond donors (Lipinski definition) is 1. The Bertz CT molecular complexity index is 171. The minimum absolute atomic E-state index is 0.368. The zero-order chi connectivity index (χ0) is 9.57. The molecule has 2 N–H and O–H groups in total. The van der Waals surface area contributed by atoms with Gasteiger partial charge in [-0.25, -0.2) is 0 Å². The Morgan fingerprint density at radius 3 is 1.75 bits per heavy atom. The van der Waals surface area contributed by atoms with E-state index in [2.05, 4.69) is 0 Å². The Morgan fingerprint density at radius 1 is 1.08 bits per heavy atom. The minimum atomic E-state index is -5.52. The molecule has 1 aliphatic carbocycles. The van der Waals surface area contributed by atoms with E-state index in [9.17, 15) is 22.0 Å². The van der Waals surface area contributed by atoms with Crippen molar-refractivity contribution in [3.8, 4) is 0 Å². The monoisotopic (exact) mass is 189 g/mol. The molecule has 1 atom stereocenters. The van der Waals surface area contributed by atoms with Crippen LogP contribution in [0.5, 0.6) is 0 Å². The maximum atomic E-state index is 12.4. The van der Waals surface area contributed by atoms with Crippen molar-refractivity contribution in [1.29, 1.82) is 0 Å². The first-order valence-corrected chi connectivity index (χ1v) is 3.47. The van der Waals surface area contributed by atoms with E-state index in [1.165, 1.54) is 0 Å². The van der Waals surface area contributed by atoms with E-state index in [-0.39, 0.29) is 0 Å². The molecule has 0 amide bonds. The van der Waals surface area contributed by atoms with E-state index in [0.717, 1.165) is 0 Å². The van der Waals surface area contributed by atoms with Crippen LogP contribution in [0.3, 0.4) is 0 Å². The van der Waals surface area contributed by atoms with Crippen LogP contribution in [0.15, 0.2) is 0 Å². The summed E-state index contributed by atoms with van der Waals surface area (Å²) in [6.45, 7) is 0. The predicted octanol–water partition coefficient (Wildman–Crippen LogP) is 1.92. The Morgan fingerprint density at radius 2 is 1.50 bits per heavy atom. The molecule has 1 aliphatic rings. The van der Waals surface area contributed by atoms with E-state index in [4.69, 9.17) is 5.73 Å². The molecular formula is C6H8F5N. The number of alkyl halides is 5. The van der Waals surface area contributed by atoms with Gasteiger partial charge in [-0.05, 0) is 18.8 Å². The fourth-order valence-electron chi connectivity index (χ4n) is 0.940. The molecule has 0 aromatic heterocycles. The van der Waals surface area contributed by atoms with Crippen LogP contribution in [0.4, 0.5) is 22.0 Å². The molecule has 0 aliphatic heterocycles. The van der Waals surface area contributed by atoms with Crippen LogP contribution in [-0.4, -0.2) is 18.1 Å². The van der Waals surface area contributed by atoms with E-state index in [1.807, 2.05) is 0 Å². The lowest BCUT2D eigenvalue weighted by atomic mass is 10.1. The zero-order valence-electron chi connectivity index (χ0n) is 6.04. The smallest absolute Gasteiger partial charge is 0.322 e. The Balaban J connectivity index is 2.68. The highest BCUT2D eigenvalue weighted by Crippen LogP contribution is 2.45. The summed E-state index contributed by atoms with van der Waals surface area (Å²) in [4.78, 5) is 0. The largest absolute Gasteiger partial charge is 0.454 e. The van der Waals surface area contributed by atoms with Gasteiger partial charge in [0.25, 0.3) is 0 Å². The zero-order valence-corrected chi connectivity index (χ0v) is 6.04. The number of nitrogens with two attached hydrogens (primary N) is 1. The summed E-state index contributed by atoms with van der Waals surface area (Å²) in [7, 11) is 0. The van der Waals surface area contributed by atoms with Gasteiger partial charge in [0, 0.05) is 0 Å². The Kier molecular flexibility index (Phi) is 2.06. The molecule has 72 valence electrons. The van der Waals surface area contributed by atoms with Crippen molar-refractivity contribution in [2.45, 2.75) is 31.0 Å². The van der Waals surface area contributed by atoms with Crippen molar-refractivity contribution in [1.82, 2.24) is 0 Å². The molecule has 0 saturated heterocycles. The van der Waals surface area contributed by atoms with Gasteiger partial charge in [0.05, 0.1) is 6.04 Å². The molecule has 0 heterocycles. The average molecular weight is 189 g/mol. The van der Waals surface area contributed by atoms with Gasteiger partial charge in [-0.1, -0.05) is 0 Å². The molecule has 1 saturated carbocycles. The molecule has 0 bridgehead atoms. The van der Waals surface area contributed by atoms with Crippen LogP contribution in [0.25, 0.3) is 0 Å². The first kappa shape index (κ1) is 9.70. The first-order chi connectivity index (χ1) is 5.27.